The first-order valence-corrected chi connectivity index (χ1v) is 5.69. The summed E-state index contributed by atoms with van der Waals surface area (Å²) in [5, 5.41) is 0. The molecule has 0 aromatic heterocycles. The molecule has 3 heteroatoms. The van der Waals surface area contributed by atoms with Crippen molar-refractivity contribution in [2.24, 2.45) is 0 Å². The van der Waals surface area contributed by atoms with Crippen molar-refractivity contribution in [1.29, 1.82) is 0 Å². The third-order valence-electron chi connectivity index (χ3n) is 2.73. The van der Waals surface area contributed by atoms with E-state index in [9.17, 15) is 9.59 Å². The van der Waals surface area contributed by atoms with Crippen LogP contribution >= 0.6 is 0 Å². The van der Waals surface area contributed by atoms with E-state index in [1.165, 1.54) is 18.1 Å². The van der Waals surface area contributed by atoms with Gasteiger partial charge in [-0.15, -0.1) is 0 Å². The molecule has 0 saturated heterocycles. The number of carbonyl (C=O) groups is 2. The number of Topliss-reactive ketones (excluding diaryl/α,β-unsaturated/α-hetero) is 1. The zero-order chi connectivity index (χ0) is 13.0. The van der Waals surface area contributed by atoms with Gasteiger partial charge < -0.3 is 4.90 Å². The lowest BCUT2D eigenvalue weighted by atomic mass is 10.1. The Morgan fingerprint density at radius 1 is 1.24 bits per heavy atom. The topological polar surface area (TPSA) is 37.4 Å². The number of amides is 1. The lowest BCUT2D eigenvalue weighted by Crippen LogP contribution is -2.27. The summed E-state index contributed by atoms with van der Waals surface area (Å²) in [4.78, 5) is 24.1. The second kappa shape index (κ2) is 5.62. The summed E-state index contributed by atoms with van der Waals surface area (Å²) in [6.45, 7) is 6.06. The highest BCUT2D eigenvalue weighted by Gasteiger charge is 2.12. The number of ketones is 1. The zero-order valence-electron chi connectivity index (χ0n) is 10.9. The maximum absolute atomic E-state index is 11.6. The van der Waals surface area contributed by atoms with Crippen LogP contribution in [0.2, 0.25) is 0 Å². The van der Waals surface area contributed by atoms with Gasteiger partial charge in [0, 0.05) is 13.6 Å². The molecule has 0 fully saturated rings. The first-order chi connectivity index (χ1) is 7.90. The highest BCUT2D eigenvalue weighted by Crippen LogP contribution is 2.12. The van der Waals surface area contributed by atoms with E-state index < -0.39 is 0 Å². The largest absolute Gasteiger partial charge is 0.341 e. The van der Waals surface area contributed by atoms with E-state index in [4.69, 9.17) is 0 Å². The molecule has 1 aromatic rings. The Bertz CT molecular complexity index is 438. The Balaban J connectivity index is 2.70. The molecule has 1 amide bonds. The Morgan fingerprint density at radius 3 is 2.41 bits per heavy atom. The van der Waals surface area contributed by atoms with Crippen molar-refractivity contribution in [1.82, 2.24) is 4.90 Å². The van der Waals surface area contributed by atoms with Crippen molar-refractivity contribution in [3.63, 3.8) is 0 Å². The molecule has 0 atom stereocenters. The van der Waals surface area contributed by atoms with E-state index in [1.807, 2.05) is 26.0 Å². The van der Waals surface area contributed by atoms with Crippen LogP contribution < -0.4 is 0 Å². The van der Waals surface area contributed by atoms with Crippen molar-refractivity contribution in [2.75, 3.05) is 7.05 Å². The number of nitrogens with zero attached hydrogens (tertiary/aromatic N) is 1. The SMILES string of the molecule is CC(=O)CC(=O)N(C)Cc1ccc(C)cc1C. The van der Waals surface area contributed by atoms with Gasteiger partial charge in [-0.1, -0.05) is 23.8 Å². The van der Waals surface area contributed by atoms with Crippen molar-refractivity contribution < 1.29 is 9.59 Å². The molecule has 0 N–H and O–H groups in total. The van der Waals surface area contributed by atoms with E-state index in [-0.39, 0.29) is 18.1 Å². The fourth-order valence-corrected chi connectivity index (χ4v) is 1.71. The van der Waals surface area contributed by atoms with Crippen LogP contribution in [-0.2, 0) is 16.1 Å². The normalized spacial score (nSPS) is 10.1. The summed E-state index contributed by atoms with van der Waals surface area (Å²) in [7, 11) is 1.73. The molecule has 92 valence electrons. The third-order valence-corrected chi connectivity index (χ3v) is 2.73. The van der Waals surface area contributed by atoms with Crippen LogP contribution in [0.25, 0.3) is 0 Å². The predicted molar refractivity (Wildman–Crippen MR) is 67.7 cm³/mol. The summed E-state index contributed by atoms with van der Waals surface area (Å²) in [6, 6.07) is 6.16. The van der Waals surface area contributed by atoms with E-state index in [0.29, 0.717) is 6.54 Å². The quantitative estimate of drug-likeness (QED) is 0.748. The lowest BCUT2D eigenvalue weighted by molar-refractivity contribution is -0.134. The summed E-state index contributed by atoms with van der Waals surface area (Å²) in [6.07, 6.45) is -0.0125. The maximum atomic E-state index is 11.6. The Hall–Kier alpha value is -1.64. The van der Waals surface area contributed by atoms with Gasteiger partial charge in [-0.25, -0.2) is 0 Å². The Labute approximate surface area is 102 Å². The van der Waals surface area contributed by atoms with Crippen LogP contribution in [-0.4, -0.2) is 23.6 Å². The molecule has 0 aliphatic rings. The minimum atomic E-state index is -0.127. The van der Waals surface area contributed by atoms with Gasteiger partial charge in [0.25, 0.3) is 0 Å². The van der Waals surface area contributed by atoms with Crippen molar-refractivity contribution in [3.8, 4) is 0 Å². The maximum Gasteiger partial charge on any atom is 0.230 e. The van der Waals surface area contributed by atoms with E-state index in [1.54, 1.807) is 11.9 Å². The molecule has 0 spiro atoms. The summed E-state index contributed by atoms with van der Waals surface area (Å²) in [5.41, 5.74) is 3.51. The highest BCUT2D eigenvalue weighted by molar-refractivity contribution is 5.96. The monoisotopic (exact) mass is 233 g/mol. The minimum Gasteiger partial charge on any atom is -0.341 e. The number of hydrogen-bond donors (Lipinski definition) is 0. The Morgan fingerprint density at radius 2 is 1.88 bits per heavy atom. The summed E-state index contributed by atoms with van der Waals surface area (Å²) < 4.78 is 0. The van der Waals surface area contributed by atoms with Gasteiger partial charge in [-0.05, 0) is 31.9 Å². The molecule has 0 aliphatic carbocycles. The molecule has 17 heavy (non-hydrogen) atoms. The second-order valence-electron chi connectivity index (χ2n) is 4.56. The number of aryl methyl sites for hydroxylation is 2. The van der Waals surface area contributed by atoms with Gasteiger partial charge in [0.2, 0.25) is 5.91 Å². The minimum absolute atomic E-state index is 0.0125. The van der Waals surface area contributed by atoms with E-state index in [0.717, 1.165) is 5.56 Å². The van der Waals surface area contributed by atoms with Gasteiger partial charge in [0.15, 0.2) is 0 Å². The molecule has 3 nitrogen and oxygen atoms in total. The van der Waals surface area contributed by atoms with Crippen LogP contribution in [0, 0.1) is 13.8 Å². The van der Waals surface area contributed by atoms with Crippen LogP contribution in [0.4, 0.5) is 0 Å². The molecule has 1 rings (SSSR count). The smallest absolute Gasteiger partial charge is 0.230 e. The van der Waals surface area contributed by atoms with Crippen LogP contribution in [0.3, 0.4) is 0 Å². The average Bonchev–Trinajstić information content (AvgIpc) is 2.21. The highest BCUT2D eigenvalue weighted by atomic mass is 16.2. The zero-order valence-corrected chi connectivity index (χ0v) is 10.9. The van der Waals surface area contributed by atoms with E-state index in [2.05, 4.69) is 6.07 Å². The summed E-state index contributed by atoms with van der Waals surface area (Å²) >= 11 is 0. The first-order valence-electron chi connectivity index (χ1n) is 5.69. The molecule has 0 bridgehead atoms. The number of rotatable bonds is 4. The van der Waals surface area contributed by atoms with Gasteiger partial charge >= 0.3 is 0 Å². The van der Waals surface area contributed by atoms with Gasteiger partial charge in [-0.3, -0.25) is 9.59 Å². The molecule has 0 radical (unpaired) electrons. The molecule has 0 saturated carbocycles. The lowest BCUT2D eigenvalue weighted by Gasteiger charge is -2.18. The Kier molecular flexibility index (Phi) is 4.44. The number of benzene rings is 1. The first kappa shape index (κ1) is 13.4. The van der Waals surface area contributed by atoms with Crippen LogP contribution in [0.5, 0.6) is 0 Å². The van der Waals surface area contributed by atoms with Gasteiger partial charge in [0.1, 0.15) is 5.78 Å². The molecule has 0 unspecified atom stereocenters. The van der Waals surface area contributed by atoms with Crippen LogP contribution in [0.15, 0.2) is 18.2 Å². The van der Waals surface area contributed by atoms with Gasteiger partial charge in [-0.2, -0.15) is 0 Å². The standard InChI is InChI=1S/C14H19NO2/c1-10-5-6-13(11(2)7-10)9-15(4)14(17)8-12(3)16/h5-7H,8-9H2,1-4H3. The fraction of sp³-hybridized carbons (Fsp3) is 0.429. The molecular weight excluding hydrogens is 214 g/mol. The third kappa shape index (κ3) is 4.02. The van der Waals surface area contributed by atoms with Crippen molar-refractivity contribution in [3.05, 3.63) is 34.9 Å². The molecule has 1 aromatic carbocycles. The predicted octanol–water partition coefficient (Wildman–Crippen LogP) is 2.24. The van der Waals surface area contributed by atoms with Crippen LogP contribution in [0.1, 0.15) is 30.0 Å². The number of hydrogen-bond acceptors (Lipinski definition) is 2. The molecular formula is C14H19NO2. The van der Waals surface area contributed by atoms with Crippen molar-refractivity contribution in [2.45, 2.75) is 33.7 Å². The second-order valence-corrected chi connectivity index (χ2v) is 4.56. The average molecular weight is 233 g/mol. The van der Waals surface area contributed by atoms with Gasteiger partial charge in [0.05, 0.1) is 6.42 Å². The molecule has 0 heterocycles. The molecule has 0 aliphatic heterocycles. The van der Waals surface area contributed by atoms with Crippen molar-refractivity contribution >= 4 is 11.7 Å². The van der Waals surface area contributed by atoms with E-state index >= 15 is 0 Å². The fourth-order valence-electron chi connectivity index (χ4n) is 1.71. The summed E-state index contributed by atoms with van der Waals surface area (Å²) in [5.74, 6) is -0.222. The number of carbonyl (C=O) groups excluding carboxylic acids is 2.